The summed E-state index contributed by atoms with van der Waals surface area (Å²) in [6.07, 6.45) is 4.26. The lowest BCUT2D eigenvalue weighted by Gasteiger charge is -2.26. The van der Waals surface area contributed by atoms with Gasteiger partial charge in [0.15, 0.2) is 11.5 Å². The van der Waals surface area contributed by atoms with Crippen LogP contribution in [-0.2, 0) is 19.5 Å². The minimum absolute atomic E-state index is 0.105. The lowest BCUT2D eigenvalue weighted by molar-refractivity contribution is 0.00394. The molecule has 4 heterocycles. The fraction of sp³-hybridized carbons (Fsp3) is 0.565. The molecular formula is C23H32N8O6S. The van der Waals surface area contributed by atoms with Crippen molar-refractivity contribution < 1.29 is 27.4 Å². The van der Waals surface area contributed by atoms with Gasteiger partial charge < -0.3 is 18.9 Å². The maximum atomic E-state index is 13.7. The number of hydrogen-bond acceptors (Lipinski definition) is 12. The number of aromatic nitrogens is 7. The van der Waals surface area contributed by atoms with Gasteiger partial charge in [0.2, 0.25) is 27.7 Å². The van der Waals surface area contributed by atoms with Gasteiger partial charge in [0.25, 0.3) is 0 Å². The summed E-state index contributed by atoms with van der Waals surface area (Å²) < 4.78 is 54.2. The zero-order valence-electron chi connectivity index (χ0n) is 22.2. The third-order valence-electron chi connectivity index (χ3n) is 5.93. The van der Waals surface area contributed by atoms with Crippen molar-refractivity contribution in [3.05, 3.63) is 35.9 Å². The first-order chi connectivity index (χ1) is 18.2. The van der Waals surface area contributed by atoms with Gasteiger partial charge in [-0.15, -0.1) is 10.2 Å². The van der Waals surface area contributed by atoms with Crippen molar-refractivity contribution in [3.8, 4) is 17.4 Å². The average molecular weight is 549 g/mol. The molecule has 0 unspecified atom stereocenters. The average Bonchev–Trinajstić information content (AvgIpc) is 3.56. The van der Waals surface area contributed by atoms with E-state index in [2.05, 4.69) is 34.9 Å². The number of sulfonamides is 1. The summed E-state index contributed by atoms with van der Waals surface area (Å²) in [6.45, 7) is 7.51. The molecule has 0 amide bonds. The molecule has 38 heavy (non-hydrogen) atoms. The highest BCUT2D eigenvalue weighted by atomic mass is 32.2. The molecule has 1 aliphatic heterocycles. The first-order valence-electron chi connectivity index (χ1n) is 12.1. The molecule has 0 aliphatic carbocycles. The van der Waals surface area contributed by atoms with E-state index in [-0.39, 0.29) is 29.5 Å². The second-order valence-electron chi connectivity index (χ2n) is 9.00. The minimum Gasteiger partial charge on any atom is -0.479 e. The van der Waals surface area contributed by atoms with Gasteiger partial charge in [-0.1, -0.05) is 0 Å². The Bertz CT molecular complexity index is 1320. The Kier molecular flexibility index (Phi) is 8.38. The molecule has 1 aliphatic rings. The molecule has 4 rings (SSSR count). The molecule has 0 aromatic carbocycles. The van der Waals surface area contributed by atoms with Crippen molar-refractivity contribution in [2.24, 2.45) is 0 Å². The van der Waals surface area contributed by atoms with E-state index in [4.69, 9.17) is 18.9 Å². The lowest BCUT2D eigenvalue weighted by atomic mass is 10.2. The Morgan fingerprint density at radius 1 is 1.05 bits per heavy atom. The maximum Gasteiger partial charge on any atom is 0.245 e. The number of aryl methyl sites for hydroxylation is 1. The summed E-state index contributed by atoms with van der Waals surface area (Å²) in [5.41, 5.74) is 1.33. The summed E-state index contributed by atoms with van der Waals surface area (Å²) in [4.78, 5) is 17.0. The summed E-state index contributed by atoms with van der Waals surface area (Å²) in [6, 6.07) is 0. The van der Waals surface area contributed by atoms with Gasteiger partial charge in [0.1, 0.15) is 23.8 Å². The SMILES string of the molecule is COc1ncnc(OC)c1-n1c(NS(=O)(=O)[C@@H](C)[C@@H](OC(C)C)c2cnc(C)cn2)nnc1[C@@H]1CCCO1. The van der Waals surface area contributed by atoms with Crippen LogP contribution in [0.2, 0.25) is 0 Å². The van der Waals surface area contributed by atoms with Crippen LogP contribution in [0.5, 0.6) is 11.8 Å². The van der Waals surface area contributed by atoms with Crippen LogP contribution in [-0.4, -0.2) is 75.3 Å². The Morgan fingerprint density at radius 2 is 1.76 bits per heavy atom. The van der Waals surface area contributed by atoms with E-state index in [1.807, 2.05) is 13.8 Å². The Labute approximate surface area is 221 Å². The van der Waals surface area contributed by atoms with Crippen LogP contribution in [0.15, 0.2) is 18.7 Å². The summed E-state index contributed by atoms with van der Waals surface area (Å²) >= 11 is 0. The van der Waals surface area contributed by atoms with E-state index < -0.39 is 27.5 Å². The fourth-order valence-corrected chi connectivity index (χ4v) is 5.16. The van der Waals surface area contributed by atoms with Crippen molar-refractivity contribution in [1.82, 2.24) is 34.7 Å². The molecule has 0 radical (unpaired) electrons. The van der Waals surface area contributed by atoms with Crippen LogP contribution in [0.25, 0.3) is 5.69 Å². The molecule has 0 spiro atoms. The highest BCUT2D eigenvalue weighted by Gasteiger charge is 2.37. The molecular weight excluding hydrogens is 516 g/mol. The van der Waals surface area contributed by atoms with Gasteiger partial charge >= 0.3 is 0 Å². The monoisotopic (exact) mass is 548 g/mol. The maximum absolute atomic E-state index is 13.7. The van der Waals surface area contributed by atoms with Gasteiger partial charge in [0, 0.05) is 12.8 Å². The lowest BCUT2D eigenvalue weighted by Crippen LogP contribution is -2.34. The topological polar surface area (TPSA) is 165 Å². The minimum atomic E-state index is -4.13. The number of methoxy groups -OCH3 is 2. The van der Waals surface area contributed by atoms with E-state index in [1.54, 1.807) is 13.1 Å². The largest absolute Gasteiger partial charge is 0.479 e. The van der Waals surface area contributed by atoms with Crippen LogP contribution in [0.3, 0.4) is 0 Å². The molecule has 0 bridgehead atoms. The van der Waals surface area contributed by atoms with E-state index in [0.29, 0.717) is 30.2 Å². The smallest absolute Gasteiger partial charge is 0.245 e. The molecule has 3 aromatic rings. The van der Waals surface area contributed by atoms with Crippen LogP contribution >= 0.6 is 0 Å². The van der Waals surface area contributed by atoms with Crippen molar-refractivity contribution in [1.29, 1.82) is 0 Å². The molecule has 1 N–H and O–H groups in total. The molecule has 14 nitrogen and oxygen atoms in total. The highest BCUT2D eigenvalue weighted by Crippen LogP contribution is 2.37. The predicted molar refractivity (Wildman–Crippen MR) is 136 cm³/mol. The number of nitrogens with zero attached hydrogens (tertiary/aromatic N) is 7. The van der Waals surface area contributed by atoms with Gasteiger partial charge in [-0.05, 0) is 40.5 Å². The van der Waals surface area contributed by atoms with Crippen molar-refractivity contribution in [2.45, 2.75) is 64.1 Å². The number of rotatable bonds is 11. The number of anilines is 1. The molecule has 206 valence electrons. The molecule has 0 saturated carbocycles. The Hall–Kier alpha value is -3.43. The summed E-state index contributed by atoms with van der Waals surface area (Å²) in [5, 5.41) is 7.35. The van der Waals surface area contributed by atoms with Gasteiger partial charge in [-0.3, -0.25) is 19.3 Å². The third kappa shape index (κ3) is 5.68. The summed E-state index contributed by atoms with van der Waals surface area (Å²) in [7, 11) is -1.26. The molecule has 1 fully saturated rings. The highest BCUT2D eigenvalue weighted by molar-refractivity contribution is 7.93. The number of ether oxygens (including phenoxy) is 4. The number of nitrogens with one attached hydrogen (secondary N) is 1. The van der Waals surface area contributed by atoms with Crippen LogP contribution in [0.1, 0.15) is 63.0 Å². The third-order valence-corrected chi connectivity index (χ3v) is 7.62. The van der Waals surface area contributed by atoms with Crippen molar-refractivity contribution in [2.75, 3.05) is 25.5 Å². The zero-order valence-corrected chi connectivity index (χ0v) is 23.0. The fourth-order valence-electron chi connectivity index (χ4n) is 4.06. The van der Waals surface area contributed by atoms with Gasteiger partial charge in [0.05, 0.1) is 37.9 Å². The molecule has 3 atom stereocenters. The quantitative estimate of drug-likeness (QED) is 0.372. The predicted octanol–water partition coefficient (Wildman–Crippen LogP) is 2.32. The zero-order chi connectivity index (χ0) is 27.4. The van der Waals surface area contributed by atoms with E-state index in [0.717, 1.165) is 6.42 Å². The van der Waals surface area contributed by atoms with E-state index in [9.17, 15) is 8.42 Å². The first-order valence-corrected chi connectivity index (χ1v) is 13.7. The van der Waals surface area contributed by atoms with Crippen LogP contribution in [0.4, 0.5) is 5.95 Å². The normalized spacial score (nSPS) is 17.4. The second kappa shape index (κ2) is 11.5. The molecule has 1 saturated heterocycles. The molecule has 3 aromatic heterocycles. The van der Waals surface area contributed by atoms with Gasteiger partial charge in [-0.25, -0.2) is 8.42 Å². The first kappa shape index (κ1) is 27.6. The Balaban J connectivity index is 1.78. The number of hydrogen-bond donors (Lipinski definition) is 1. The second-order valence-corrected chi connectivity index (χ2v) is 11.0. The Morgan fingerprint density at radius 3 is 2.32 bits per heavy atom. The van der Waals surface area contributed by atoms with Crippen LogP contribution < -0.4 is 14.2 Å². The van der Waals surface area contributed by atoms with Crippen molar-refractivity contribution >= 4 is 16.0 Å². The summed E-state index contributed by atoms with van der Waals surface area (Å²) in [5.74, 6) is 0.534. The standard InChI is InChI=1S/C23H32N8O6S/c1-13(2)37-19(16-11-24-14(3)10-25-16)15(4)38(32,33)30-23-29-28-20(17-8-7-9-36-17)31(23)18-21(34-5)26-12-27-22(18)35-6/h10-13,15,17,19H,7-9H2,1-6H3,(H,29,30)/t15-,17-,19+/m0/s1. The van der Waals surface area contributed by atoms with Gasteiger partial charge in [-0.2, -0.15) is 9.97 Å². The van der Waals surface area contributed by atoms with E-state index in [1.165, 1.54) is 38.2 Å². The molecule has 15 heteroatoms. The van der Waals surface area contributed by atoms with Crippen molar-refractivity contribution in [3.63, 3.8) is 0 Å². The van der Waals surface area contributed by atoms with Crippen LogP contribution in [0, 0.1) is 6.92 Å². The van der Waals surface area contributed by atoms with E-state index >= 15 is 0 Å².